The molecule has 2 saturated heterocycles. The molecular formula is C22H33NO. The summed E-state index contributed by atoms with van der Waals surface area (Å²) in [6, 6.07) is 12.0. The monoisotopic (exact) mass is 327 g/mol. The number of rotatable bonds is 8. The van der Waals surface area contributed by atoms with Crippen LogP contribution in [0.15, 0.2) is 43.0 Å². The summed E-state index contributed by atoms with van der Waals surface area (Å²) in [4.78, 5) is 2.69. The van der Waals surface area contributed by atoms with E-state index in [0.717, 1.165) is 38.6 Å². The van der Waals surface area contributed by atoms with Crippen molar-refractivity contribution in [1.82, 2.24) is 4.90 Å². The number of hydrogen-bond acceptors (Lipinski definition) is 2. The number of piperidine rings is 2. The van der Waals surface area contributed by atoms with Gasteiger partial charge in [0.2, 0.25) is 0 Å². The van der Waals surface area contributed by atoms with Crippen molar-refractivity contribution in [3.8, 4) is 0 Å². The Labute approximate surface area is 147 Å². The molecule has 2 aliphatic heterocycles. The molecule has 2 heterocycles. The van der Waals surface area contributed by atoms with Crippen molar-refractivity contribution in [2.45, 2.75) is 88.4 Å². The van der Waals surface area contributed by atoms with Crippen LogP contribution in [0.25, 0.3) is 0 Å². The molecule has 2 atom stereocenters. The van der Waals surface area contributed by atoms with E-state index in [4.69, 9.17) is 0 Å². The smallest absolute Gasteiger partial charge is 0.0677 e. The van der Waals surface area contributed by atoms with Crippen molar-refractivity contribution >= 4 is 0 Å². The minimum Gasteiger partial charge on any atom is -0.390 e. The van der Waals surface area contributed by atoms with Crippen molar-refractivity contribution < 1.29 is 5.11 Å². The van der Waals surface area contributed by atoms with Crippen LogP contribution < -0.4 is 0 Å². The molecule has 1 aromatic rings. The number of unbranched alkanes of at least 4 members (excludes halogenated alkanes) is 3. The third-order valence-corrected chi connectivity index (χ3v) is 6.00. The SMILES string of the molecule is C=CCCCCCC1(O)CC2CCCC(C1)N2Cc1ccccc1. The van der Waals surface area contributed by atoms with Gasteiger partial charge in [-0.2, -0.15) is 0 Å². The summed E-state index contributed by atoms with van der Waals surface area (Å²) >= 11 is 0. The zero-order chi connectivity index (χ0) is 16.8. The highest BCUT2D eigenvalue weighted by Gasteiger charge is 2.44. The van der Waals surface area contributed by atoms with Crippen LogP contribution in [-0.4, -0.2) is 27.7 Å². The van der Waals surface area contributed by atoms with Crippen molar-refractivity contribution in [3.63, 3.8) is 0 Å². The van der Waals surface area contributed by atoms with Crippen LogP contribution in [0.4, 0.5) is 0 Å². The van der Waals surface area contributed by atoms with Crippen molar-refractivity contribution in [3.05, 3.63) is 48.6 Å². The summed E-state index contributed by atoms with van der Waals surface area (Å²) < 4.78 is 0. The number of allylic oxidation sites excluding steroid dienone is 1. The zero-order valence-electron chi connectivity index (χ0n) is 15.0. The molecule has 2 unspecified atom stereocenters. The fourth-order valence-corrected chi connectivity index (χ4v) is 4.79. The highest BCUT2D eigenvalue weighted by Crippen LogP contribution is 2.42. The molecular weight excluding hydrogens is 294 g/mol. The molecule has 0 spiro atoms. The molecule has 0 aromatic heterocycles. The fourth-order valence-electron chi connectivity index (χ4n) is 4.79. The first-order valence-corrected chi connectivity index (χ1v) is 9.83. The van der Waals surface area contributed by atoms with Gasteiger partial charge in [-0.3, -0.25) is 4.90 Å². The van der Waals surface area contributed by atoms with Gasteiger partial charge in [0, 0.05) is 18.6 Å². The summed E-state index contributed by atoms with van der Waals surface area (Å²) in [5.74, 6) is 0. The number of nitrogens with zero attached hydrogens (tertiary/aromatic N) is 1. The van der Waals surface area contributed by atoms with E-state index < -0.39 is 5.60 Å². The van der Waals surface area contributed by atoms with Gasteiger partial charge in [0.15, 0.2) is 0 Å². The first kappa shape index (κ1) is 17.7. The van der Waals surface area contributed by atoms with E-state index in [0.29, 0.717) is 12.1 Å². The normalized spacial score (nSPS) is 30.2. The fraction of sp³-hybridized carbons (Fsp3) is 0.636. The summed E-state index contributed by atoms with van der Waals surface area (Å²) in [5, 5.41) is 11.2. The summed E-state index contributed by atoms with van der Waals surface area (Å²) in [6.07, 6.45) is 13.5. The predicted molar refractivity (Wildman–Crippen MR) is 101 cm³/mol. The van der Waals surface area contributed by atoms with E-state index >= 15 is 0 Å². The first-order chi connectivity index (χ1) is 11.7. The van der Waals surface area contributed by atoms with Gasteiger partial charge >= 0.3 is 0 Å². The van der Waals surface area contributed by atoms with Crippen LogP contribution in [0.5, 0.6) is 0 Å². The van der Waals surface area contributed by atoms with Crippen LogP contribution in [0.1, 0.15) is 69.8 Å². The minimum atomic E-state index is -0.420. The average Bonchev–Trinajstić information content (AvgIpc) is 2.57. The number of hydrogen-bond donors (Lipinski definition) is 1. The van der Waals surface area contributed by atoms with Crippen molar-refractivity contribution in [2.24, 2.45) is 0 Å². The molecule has 0 aliphatic carbocycles. The largest absolute Gasteiger partial charge is 0.390 e. The molecule has 2 nitrogen and oxygen atoms in total. The molecule has 0 amide bonds. The van der Waals surface area contributed by atoms with Gasteiger partial charge in [0.25, 0.3) is 0 Å². The van der Waals surface area contributed by atoms with Crippen molar-refractivity contribution in [2.75, 3.05) is 0 Å². The molecule has 3 rings (SSSR count). The third-order valence-electron chi connectivity index (χ3n) is 6.00. The molecule has 0 saturated carbocycles. The van der Waals surface area contributed by atoms with Crippen LogP contribution >= 0.6 is 0 Å². The Hall–Kier alpha value is -1.12. The Morgan fingerprint density at radius 2 is 1.79 bits per heavy atom. The number of fused-ring (bicyclic) bond motifs is 2. The molecule has 132 valence electrons. The quantitative estimate of drug-likeness (QED) is 0.532. The van der Waals surface area contributed by atoms with E-state index in [-0.39, 0.29) is 0 Å². The maximum atomic E-state index is 11.2. The lowest BCUT2D eigenvalue weighted by molar-refractivity contribution is -0.0999. The molecule has 2 aliphatic rings. The van der Waals surface area contributed by atoms with Gasteiger partial charge in [-0.05, 0) is 50.5 Å². The number of benzene rings is 1. The molecule has 2 bridgehead atoms. The predicted octanol–water partition coefficient (Wildman–Crippen LogP) is 5.07. The van der Waals surface area contributed by atoms with E-state index in [1.165, 1.54) is 37.7 Å². The minimum absolute atomic E-state index is 0.420. The summed E-state index contributed by atoms with van der Waals surface area (Å²) in [7, 11) is 0. The lowest BCUT2D eigenvalue weighted by Crippen LogP contribution is -2.57. The third kappa shape index (κ3) is 4.49. The van der Waals surface area contributed by atoms with E-state index in [2.05, 4.69) is 41.8 Å². The van der Waals surface area contributed by atoms with Gasteiger partial charge in [-0.25, -0.2) is 0 Å². The molecule has 2 fully saturated rings. The Morgan fingerprint density at radius 1 is 1.08 bits per heavy atom. The molecule has 2 heteroatoms. The average molecular weight is 328 g/mol. The summed E-state index contributed by atoms with van der Waals surface area (Å²) in [6.45, 7) is 4.84. The van der Waals surface area contributed by atoms with E-state index in [1.54, 1.807) is 0 Å². The van der Waals surface area contributed by atoms with Gasteiger partial charge in [-0.15, -0.1) is 6.58 Å². The second-order valence-corrected chi connectivity index (χ2v) is 7.92. The van der Waals surface area contributed by atoms with E-state index in [1.807, 2.05) is 6.08 Å². The summed E-state index contributed by atoms with van der Waals surface area (Å²) in [5.41, 5.74) is 0.987. The highest BCUT2D eigenvalue weighted by molar-refractivity contribution is 5.15. The lowest BCUT2D eigenvalue weighted by atomic mass is 9.73. The highest BCUT2D eigenvalue weighted by atomic mass is 16.3. The second kappa shape index (κ2) is 8.31. The van der Waals surface area contributed by atoms with Gasteiger partial charge in [0.05, 0.1) is 5.60 Å². The van der Waals surface area contributed by atoms with Gasteiger partial charge < -0.3 is 5.11 Å². The maximum Gasteiger partial charge on any atom is 0.0677 e. The van der Waals surface area contributed by atoms with Crippen LogP contribution in [0.3, 0.4) is 0 Å². The Bertz CT molecular complexity index is 498. The van der Waals surface area contributed by atoms with E-state index in [9.17, 15) is 5.11 Å². The molecule has 1 N–H and O–H groups in total. The molecule has 1 aromatic carbocycles. The first-order valence-electron chi connectivity index (χ1n) is 9.83. The molecule has 24 heavy (non-hydrogen) atoms. The molecule has 0 radical (unpaired) electrons. The van der Waals surface area contributed by atoms with Gasteiger partial charge in [-0.1, -0.05) is 55.7 Å². The Kier molecular flexibility index (Phi) is 6.13. The Balaban J connectivity index is 1.57. The lowest BCUT2D eigenvalue weighted by Gasteiger charge is -2.52. The number of aliphatic hydroxyl groups is 1. The standard InChI is InChI=1S/C22H33NO/c1-2-3-4-5-9-15-22(24)16-20-13-10-14-21(17-22)23(20)18-19-11-7-6-8-12-19/h2,6-8,11-12,20-21,24H,1,3-5,9-10,13-18H2. The maximum absolute atomic E-state index is 11.2. The second-order valence-electron chi connectivity index (χ2n) is 7.92. The van der Waals surface area contributed by atoms with Gasteiger partial charge in [0.1, 0.15) is 0 Å². The topological polar surface area (TPSA) is 23.5 Å². The van der Waals surface area contributed by atoms with Crippen LogP contribution in [0, 0.1) is 0 Å². The van der Waals surface area contributed by atoms with Crippen LogP contribution in [0.2, 0.25) is 0 Å². The Morgan fingerprint density at radius 3 is 2.46 bits per heavy atom. The van der Waals surface area contributed by atoms with Crippen molar-refractivity contribution in [1.29, 1.82) is 0 Å². The van der Waals surface area contributed by atoms with Crippen LogP contribution in [-0.2, 0) is 6.54 Å². The zero-order valence-corrected chi connectivity index (χ0v) is 15.0.